The van der Waals surface area contributed by atoms with Gasteiger partial charge in [0.25, 0.3) is 5.91 Å². The van der Waals surface area contributed by atoms with Gasteiger partial charge in [0.1, 0.15) is 0 Å². The minimum absolute atomic E-state index is 0.113. The van der Waals surface area contributed by atoms with Gasteiger partial charge in [-0.3, -0.25) is 9.59 Å². The molecule has 0 aliphatic rings. The average molecular weight is 315 g/mol. The summed E-state index contributed by atoms with van der Waals surface area (Å²) in [6.45, 7) is 0.961. The molecule has 7 heteroatoms. The first-order chi connectivity index (χ1) is 9.97. The monoisotopic (exact) mass is 314 g/mol. The Kier molecular flexibility index (Phi) is 6.98. The Bertz CT molecular complexity index is 487. The number of carbonyl (C=O) groups excluding carboxylic acids is 2. The van der Waals surface area contributed by atoms with Crippen molar-refractivity contribution < 1.29 is 19.1 Å². The standard InChI is InChI=1S/C14H19ClN2O4/c1-20-6-5-17(4-3-13(18)21-2)14(19)10-7-11(15)9-12(16)8-10/h7-9H,3-6,16H2,1-2H3. The van der Waals surface area contributed by atoms with Gasteiger partial charge in [-0.15, -0.1) is 0 Å². The molecule has 1 aromatic rings. The predicted molar refractivity (Wildman–Crippen MR) is 80.3 cm³/mol. The van der Waals surface area contributed by atoms with E-state index in [0.29, 0.717) is 29.4 Å². The van der Waals surface area contributed by atoms with Gasteiger partial charge in [-0.25, -0.2) is 0 Å². The van der Waals surface area contributed by atoms with E-state index in [9.17, 15) is 9.59 Å². The lowest BCUT2D eigenvalue weighted by atomic mass is 10.1. The van der Waals surface area contributed by atoms with Crippen molar-refractivity contribution in [3.63, 3.8) is 0 Å². The Balaban J connectivity index is 2.84. The molecule has 0 aliphatic heterocycles. The van der Waals surface area contributed by atoms with E-state index in [0.717, 1.165) is 0 Å². The molecule has 0 fully saturated rings. The van der Waals surface area contributed by atoms with Crippen molar-refractivity contribution in [1.82, 2.24) is 4.90 Å². The van der Waals surface area contributed by atoms with Crippen molar-refractivity contribution in [2.45, 2.75) is 6.42 Å². The maximum absolute atomic E-state index is 12.5. The summed E-state index contributed by atoms with van der Waals surface area (Å²) in [6, 6.07) is 4.65. The van der Waals surface area contributed by atoms with Crippen LogP contribution < -0.4 is 5.73 Å². The van der Waals surface area contributed by atoms with Crippen LogP contribution in [0.2, 0.25) is 5.02 Å². The molecule has 2 N–H and O–H groups in total. The minimum Gasteiger partial charge on any atom is -0.469 e. The fourth-order valence-corrected chi connectivity index (χ4v) is 2.01. The number of carbonyl (C=O) groups is 2. The summed E-state index contributed by atoms with van der Waals surface area (Å²) in [4.78, 5) is 25.2. The molecule has 0 atom stereocenters. The molecular weight excluding hydrogens is 296 g/mol. The number of hydrogen-bond donors (Lipinski definition) is 1. The van der Waals surface area contributed by atoms with E-state index in [-0.39, 0.29) is 24.8 Å². The van der Waals surface area contributed by atoms with Crippen molar-refractivity contribution in [1.29, 1.82) is 0 Å². The molecule has 0 spiro atoms. The van der Waals surface area contributed by atoms with Crippen molar-refractivity contribution in [2.24, 2.45) is 0 Å². The molecule has 6 nitrogen and oxygen atoms in total. The maximum Gasteiger partial charge on any atom is 0.307 e. The number of esters is 1. The van der Waals surface area contributed by atoms with Crippen LogP contribution in [0.1, 0.15) is 16.8 Å². The van der Waals surface area contributed by atoms with Gasteiger partial charge < -0.3 is 20.1 Å². The van der Waals surface area contributed by atoms with E-state index in [1.54, 1.807) is 19.2 Å². The van der Waals surface area contributed by atoms with E-state index in [1.807, 2.05) is 0 Å². The smallest absolute Gasteiger partial charge is 0.307 e. The number of halogens is 1. The Morgan fingerprint density at radius 3 is 2.52 bits per heavy atom. The molecule has 1 rings (SSSR count). The van der Waals surface area contributed by atoms with Crippen molar-refractivity contribution in [3.05, 3.63) is 28.8 Å². The lowest BCUT2D eigenvalue weighted by Gasteiger charge is -2.22. The number of nitrogen functional groups attached to an aromatic ring is 1. The van der Waals surface area contributed by atoms with Crippen LogP contribution in [0.25, 0.3) is 0 Å². The third-order valence-electron chi connectivity index (χ3n) is 2.83. The number of hydrogen-bond acceptors (Lipinski definition) is 5. The highest BCUT2D eigenvalue weighted by Gasteiger charge is 2.17. The highest BCUT2D eigenvalue weighted by atomic mass is 35.5. The molecule has 1 amide bonds. The normalized spacial score (nSPS) is 10.2. The van der Waals surface area contributed by atoms with Crippen LogP contribution in [0.5, 0.6) is 0 Å². The number of amides is 1. The molecule has 21 heavy (non-hydrogen) atoms. The van der Waals surface area contributed by atoms with E-state index in [4.69, 9.17) is 22.1 Å². The molecule has 1 aromatic carbocycles. The summed E-state index contributed by atoms with van der Waals surface area (Å²) in [5.74, 6) is -0.638. The van der Waals surface area contributed by atoms with Gasteiger partial charge in [-0.1, -0.05) is 11.6 Å². The second-order valence-corrected chi connectivity index (χ2v) is 4.82. The van der Waals surface area contributed by atoms with Crippen LogP contribution in [0, 0.1) is 0 Å². The van der Waals surface area contributed by atoms with Gasteiger partial charge >= 0.3 is 5.97 Å². The minimum atomic E-state index is -0.379. The lowest BCUT2D eigenvalue weighted by molar-refractivity contribution is -0.140. The summed E-state index contributed by atoms with van der Waals surface area (Å²) >= 11 is 5.90. The highest BCUT2D eigenvalue weighted by Crippen LogP contribution is 2.18. The summed E-state index contributed by atoms with van der Waals surface area (Å²) in [5.41, 5.74) is 6.47. The van der Waals surface area contributed by atoms with E-state index < -0.39 is 0 Å². The predicted octanol–water partition coefficient (Wildman–Crippen LogP) is 1.57. The van der Waals surface area contributed by atoms with Gasteiger partial charge in [0.15, 0.2) is 0 Å². The number of nitrogens with zero attached hydrogens (tertiary/aromatic N) is 1. The van der Waals surface area contributed by atoms with Crippen LogP contribution in [0.4, 0.5) is 5.69 Å². The first kappa shape index (κ1) is 17.3. The summed E-state index contributed by atoms with van der Waals surface area (Å²) in [5, 5.41) is 0.387. The van der Waals surface area contributed by atoms with Crippen LogP contribution in [0.15, 0.2) is 18.2 Å². The average Bonchev–Trinajstić information content (AvgIpc) is 2.45. The molecule has 0 saturated heterocycles. The summed E-state index contributed by atoms with van der Waals surface area (Å²) in [7, 11) is 2.85. The third kappa shape index (κ3) is 5.61. The highest BCUT2D eigenvalue weighted by molar-refractivity contribution is 6.31. The van der Waals surface area contributed by atoms with Crippen LogP contribution in [-0.4, -0.2) is 50.7 Å². The van der Waals surface area contributed by atoms with Crippen molar-refractivity contribution in [3.8, 4) is 0 Å². The molecule has 0 aromatic heterocycles. The number of rotatable bonds is 7. The summed E-state index contributed by atoms with van der Waals surface area (Å²) < 4.78 is 9.56. The zero-order chi connectivity index (χ0) is 15.8. The van der Waals surface area contributed by atoms with Crippen molar-refractivity contribution >= 4 is 29.2 Å². The molecule has 0 aliphatic carbocycles. The Hall–Kier alpha value is -1.79. The van der Waals surface area contributed by atoms with Gasteiger partial charge in [0.2, 0.25) is 0 Å². The molecule has 0 unspecified atom stereocenters. The number of benzene rings is 1. The second-order valence-electron chi connectivity index (χ2n) is 4.38. The van der Waals surface area contributed by atoms with Crippen molar-refractivity contribution in [2.75, 3.05) is 39.6 Å². The number of nitrogens with two attached hydrogens (primary N) is 1. The largest absolute Gasteiger partial charge is 0.469 e. The number of ether oxygens (including phenoxy) is 2. The molecule has 0 heterocycles. The molecule has 0 radical (unpaired) electrons. The van der Waals surface area contributed by atoms with Gasteiger partial charge in [-0.05, 0) is 18.2 Å². The second kappa shape index (κ2) is 8.49. The zero-order valence-corrected chi connectivity index (χ0v) is 12.9. The number of anilines is 1. The van der Waals surface area contributed by atoms with Gasteiger partial charge in [0, 0.05) is 36.5 Å². The fourth-order valence-electron chi connectivity index (χ4n) is 1.76. The Morgan fingerprint density at radius 1 is 1.24 bits per heavy atom. The first-order valence-electron chi connectivity index (χ1n) is 6.39. The number of methoxy groups -OCH3 is 2. The lowest BCUT2D eigenvalue weighted by Crippen LogP contribution is -2.35. The first-order valence-corrected chi connectivity index (χ1v) is 6.76. The molecule has 0 bridgehead atoms. The third-order valence-corrected chi connectivity index (χ3v) is 3.05. The van der Waals surface area contributed by atoms with Gasteiger partial charge in [0.05, 0.1) is 20.1 Å². The van der Waals surface area contributed by atoms with Crippen LogP contribution in [0.3, 0.4) is 0 Å². The van der Waals surface area contributed by atoms with Crippen LogP contribution >= 0.6 is 11.6 Å². The zero-order valence-electron chi connectivity index (χ0n) is 12.1. The Labute approximate surface area is 128 Å². The fraction of sp³-hybridized carbons (Fsp3) is 0.429. The quantitative estimate of drug-likeness (QED) is 0.610. The topological polar surface area (TPSA) is 81.9 Å². The van der Waals surface area contributed by atoms with E-state index in [2.05, 4.69) is 4.74 Å². The molecule has 116 valence electrons. The molecule has 0 saturated carbocycles. The summed E-state index contributed by atoms with van der Waals surface area (Å²) in [6.07, 6.45) is 0.113. The maximum atomic E-state index is 12.5. The van der Waals surface area contributed by atoms with E-state index >= 15 is 0 Å². The molecular formula is C14H19ClN2O4. The van der Waals surface area contributed by atoms with E-state index in [1.165, 1.54) is 18.1 Å². The van der Waals surface area contributed by atoms with Gasteiger partial charge in [-0.2, -0.15) is 0 Å². The Morgan fingerprint density at radius 2 is 1.95 bits per heavy atom. The van der Waals surface area contributed by atoms with Crippen LogP contribution in [-0.2, 0) is 14.3 Å². The SMILES string of the molecule is COCCN(CCC(=O)OC)C(=O)c1cc(N)cc(Cl)c1.